The Bertz CT molecular complexity index is 688. The zero-order valence-corrected chi connectivity index (χ0v) is 15.2. The van der Waals surface area contributed by atoms with Crippen molar-refractivity contribution < 1.29 is 18.7 Å². The van der Waals surface area contributed by atoms with Gasteiger partial charge in [0.25, 0.3) is 0 Å². The molecule has 1 spiro atoms. The Morgan fingerprint density at radius 3 is 2.84 bits per heavy atom. The molecule has 5 heteroatoms. The summed E-state index contributed by atoms with van der Waals surface area (Å²) in [5.41, 5.74) is -0.357. The molecule has 1 aromatic heterocycles. The number of fused-ring (bicyclic) bond motifs is 1. The van der Waals surface area contributed by atoms with Crippen LogP contribution in [0.3, 0.4) is 0 Å². The lowest BCUT2D eigenvalue weighted by Gasteiger charge is -2.59. The zero-order valence-electron chi connectivity index (χ0n) is 15.2. The Labute approximate surface area is 148 Å². The first-order valence-corrected chi connectivity index (χ1v) is 9.65. The average Bonchev–Trinajstić information content (AvgIpc) is 3.16. The second-order valence-corrected chi connectivity index (χ2v) is 8.70. The molecule has 0 radical (unpaired) electrons. The summed E-state index contributed by atoms with van der Waals surface area (Å²) < 4.78 is 18.7. The van der Waals surface area contributed by atoms with Crippen LogP contribution in [0.2, 0.25) is 0 Å². The fourth-order valence-corrected chi connectivity index (χ4v) is 6.15. The molecule has 5 nitrogen and oxygen atoms in total. The van der Waals surface area contributed by atoms with Crippen molar-refractivity contribution in [1.29, 1.82) is 0 Å². The standard InChI is InChI=1S/C20H27NO4/c1-12-6-7-16-13(2)17(22)21(11-14-5-4-10-23-14)18-20(16)15(12)8-9-19(3,24-18)25-20/h4-5,10,12-13,15-16,18H,6-9,11H2,1-3H3/t12-,13-,15+,16+,18-,19-,20-/m1/s1. The minimum Gasteiger partial charge on any atom is -0.467 e. The third-order valence-corrected chi connectivity index (χ3v) is 7.29. The first kappa shape index (κ1) is 15.9. The van der Waals surface area contributed by atoms with Crippen LogP contribution < -0.4 is 0 Å². The summed E-state index contributed by atoms with van der Waals surface area (Å²) in [5, 5.41) is 0. The molecule has 5 rings (SSSR count). The van der Waals surface area contributed by atoms with Crippen LogP contribution in [0.5, 0.6) is 0 Å². The fraction of sp³-hybridized carbons (Fsp3) is 0.750. The number of carbonyl (C=O) groups excluding carboxylic acids is 1. The Hall–Kier alpha value is -1.33. The van der Waals surface area contributed by atoms with Gasteiger partial charge in [0.15, 0.2) is 12.0 Å². The number of hydrogen-bond donors (Lipinski definition) is 0. The maximum absolute atomic E-state index is 13.2. The number of rotatable bonds is 2. The van der Waals surface area contributed by atoms with Crippen LogP contribution in [-0.4, -0.2) is 28.4 Å². The minimum absolute atomic E-state index is 0.0368. The van der Waals surface area contributed by atoms with E-state index in [2.05, 4.69) is 13.8 Å². The third-order valence-electron chi connectivity index (χ3n) is 7.29. The summed E-state index contributed by atoms with van der Waals surface area (Å²) >= 11 is 0. The first-order chi connectivity index (χ1) is 11.9. The van der Waals surface area contributed by atoms with E-state index in [0.717, 1.165) is 25.0 Å². The van der Waals surface area contributed by atoms with Crippen molar-refractivity contribution >= 4 is 5.91 Å². The van der Waals surface area contributed by atoms with Gasteiger partial charge in [-0.25, -0.2) is 0 Å². The molecule has 1 aromatic rings. The Morgan fingerprint density at radius 2 is 2.08 bits per heavy atom. The summed E-state index contributed by atoms with van der Waals surface area (Å²) in [6.07, 6.45) is 5.62. The van der Waals surface area contributed by atoms with E-state index in [4.69, 9.17) is 13.9 Å². The molecule has 4 aliphatic rings. The van der Waals surface area contributed by atoms with Crippen LogP contribution >= 0.6 is 0 Å². The molecule has 1 saturated carbocycles. The highest BCUT2D eigenvalue weighted by atomic mass is 16.8. The molecular weight excluding hydrogens is 318 g/mol. The van der Waals surface area contributed by atoms with Crippen molar-refractivity contribution in [3.63, 3.8) is 0 Å². The summed E-state index contributed by atoms with van der Waals surface area (Å²) in [6, 6.07) is 3.79. The van der Waals surface area contributed by atoms with Gasteiger partial charge >= 0.3 is 0 Å². The van der Waals surface area contributed by atoms with Crippen LogP contribution in [0.1, 0.15) is 52.2 Å². The number of likely N-dealkylation sites (tertiary alicyclic amines) is 1. The molecule has 4 fully saturated rings. The summed E-state index contributed by atoms with van der Waals surface area (Å²) in [6.45, 7) is 6.92. The normalized spacial score (nSPS) is 48.5. The predicted molar refractivity (Wildman–Crippen MR) is 90.1 cm³/mol. The van der Waals surface area contributed by atoms with E-state index < -0.39 is 5.79 Å². The van der Waals surface area contributed by atoms with Gasteiger partial charge in [-0.3, -0.25) is 4.79 Å². The number of ether oxygens (including phenoxy) is 2. The Morgan fingerprint density at radius 1 is 1.24 bits per heavy atom. The van der Waals surface area contributed by atoms with Crippen LogP contribution in [-0.2, 0) is 20.8 Å². The minimum atomic E-state index is -0.567. The van der Waals surface area contributed by atoms with Crippen molar-refractivity contribution in [3.8, 4) is 0 Å². The molecule has 136 valence electrons. The van der Waals surface area contributed by atoms with Gasteiger partial charge < -0.3 is 18.8 Å². The maximum Gasteiger partial charge on any atom is 0.228 e. The molecule has 1 aliphatic carbocycles. The van der Waals surface area contributed by atoms with Crippen molar-refractivity contribution in [3.05, 3.63) is 24.2 Å². The molecule has 7 atom stereocenters. The van der Waals surface area contributed by atoms with Gasteiger partial charge in [-0.15, -0.1) is 0 Å². The molecule has 0 N–H and O–H groups in total. The number of furan rings is 1. The first-order valence-electron chi connectivity index (χ1n) is 9.65. The molecule has 0 unspecified atom stereocenters. The Balaban J connectivity index is 1.61. The second kappa shape index (κ2) is 5.10. The Kier molecular flexibility index (Phi) is 3.24. The van der Waals surface area contributed by atoms with E-state index >= 15 is 0 Å². The van der Waals surface area contributed by atoms with Crippen LogP contribution in [0.25, 0.3) is 0 Å². The largest absolute Gasteiger partial charge is 0.467 e. The highest BCUT2D eigenvalue weighted by Gasteiger charge is 2.72. The number of nitrogens with zero attached hydrogens (tertiary/aromatic N) is 1. The van der Waals surface area contributed by atoms with Gasteiger partial charge in [0, 0.05) is 18.3 Å². The summed E-state index contributed by atoms with van der Waals surface area (Å²) in [7, 11) is 0. The van der Waals surface area contributed by atoms with E-state index in [-0.39, 0.29) is 29.6 Å². The quantitative estimate of drug-likeness (QED) is 0.823. The number of carbonyl (C=O) groups is 1. The van der Waals surface area contributed by atoms with E-state index in [1.807, 2.05) is 24.0 Å². The summed E-state index contributed by atoms with van der Waals surface area (Å²) in [4.78, 5) is 15.1. The zero-order chi connectivity index (χ0) is 17.4. The van der Waals surface area contributed by atoms with E-state index in [1.54, 1.807) is 6.26 Å². The van der Waals surface area contributed by atoms with Crippen molar-refractivity contribution in [1.82, 2.24) is 4.90 Å². The summed E-state index contributed by atoms with van der Waals surface area (Å²) in [5.74, 6) is 1.68. The van der Waals surface area contributed by atoms with Crippen LogP contribution in [0, 0.1) is 23.7 Å². The van der Waals surface area contributed by atoms with Gasteiger partial charge in [0.1, 0.15) is 11.4 Å². The average molecular weight is 345 g/mol. The van der Waals surface area contributed by atoms with Crippen molar-refractivity contribution in [2.75, 3.05) is 0 Å². The number of hydrogen-bond acceptors (Lipinski definition) is 4. The predicted octanol–water partition coefficient (Wildman–Crippen LogP) is 3.54. The lowest BCUT2D eigenvalue weighted by Crippen LogP contribution is -2.70. The number of piperidine rings is 1. The lowest BCUT2D eigenvalue weighted by atomic mass is 9.56. The molecule has 3 saturated heterocycles. The van der Waals surface area contributed by atoms with E-state index in [9.17, 15) is 4.79 Å². The van der Waals surface area contributed by atoms with Gasteiger partial charge in [0.2, 0.25) is 5.91 Å². The highest BCUT2D eigenvalue weighted by Crippen LogP contribution is 2.63. The fourth-order valence-electron chi connectivity index (χ4n) is 6.15. The van der Waals surface area contributed by atoms with Crippen LogP contribution in [0.4, 0.5) is 0 Å². The lowest BCUT2D eigenvalue weighted by molar-refractivity contribution is -0.254. The SMILES string of the molecule is C[C@@H]1CC[C@H]2[C@@H](C)C(=O)N(Cc3ccco3)[C@@H]3O[C@@]4(C)CC[C@@H]1[C@@]23O4. The molecule has 1 amide bonds. The third kappa shape index (κ3) is 2.00. The second-order valence-electron chi connectivity index (χ2n) is 8.70. The van der Waals surface area contributed by atoms with Crippen molar-refractivity contribution in [2.45, 2.75) is 70.6 Å². The van der Waals surface area contributed by atoms with E-state index in [1.165, 1.54) is 6.42 Å². The van der Waals surface area contributed by atoms with Crippen LogP contribution in [0.15, 0.2) is 22.8 Å². The molecule has 2 bridgehead atoms. The molecule has 4 heterocycles. The van der Waals surface area contributed by atoms with Crippen molar-refractivity contribution in [2.24, 2.45) is 23.7 Å². The smallest absolute Gasteiger partial charge is 0.228 e. The number of amides is 1. The van der Waals surface area contributed by atoms with Gasteiger partial charge in [-0.05, 0) is 50.2 Å². The molecular formula is C20H27NO4. The highest BCUT2D eigenvalue weighted by molar-refractivity contribution is 5.80. The molecule has 3 aliphatic heterocycles. The topological polar surface area (TPSA) is 51.9 Å². The van der Waals surface area contributed by atoms with Gasteiger partial charge in [0.05, 0.1) is 12.8 Å². The molecule has 0 aromatic carbocycles. The van der Waals surface area contributed by atoms with Gasteiger partial charge in [-0.1, -0.05) is 13.8 Å². The maximum atomic E-state index is 13.2. The van der Waals surface area contributed by atoms with E-state index in [0.29, 0.717) is 18.4 Å². The molecule has 25 heavy (non-hydrogen) atoms. The van der Waals surface area contributed by atoms with Gasteiger partial charge in [-0.2, -0.15) is 0 Å². The monoisotopic (exact) mass is 345 g/mol.